The Kier molecular flexibility index (Phi) is 5.50. The first-order valence-electron chi connectivity index (χ1n) is 9.02. The van der Waals surface area contributed by atoms with Gasteiger partial charge in [-0.15, -0.1) is 16.4 Å². The number of hydrogen-bond donors (Lipinski definition) is 0. The van der Waals surface area contributed by atoms with Crippen molar-refractivity contribution >= 4 is 56.2 Å². The molecule has 0 bridgehead atoms. The standard InChI is InChI=1S/C19H20BrN5OS2/c1-3-8-23-17(26)15-6-4-5-7-16(15)25-18(23)21-24(19(25)27)12-22(2)10-14-9-13(20)11-28-14/h4-7,9,11H,3,8,10,12H2,1-2H3. The van der Waals surface area contributed by atoms with E-state index in [-0.39, 0.29) is 5.56 Å². The molecule has 28 heavy (non-hydrogen) atoms. The quantitative estimate of drug-likeness (QED) is 0.383. The molecule has 9 heteroatoms. The first-order valence-corrected chi connectivity index (χ1v) is 11.1. The number of hydrogen-bond acceptors (Lipinski definition) is 5. The number of benzene rings is 1. The molecule has 4 rings (SSSR count). The predicted molar refractivity (Wildman–Crippen MR) is 120 cm³/mol. The Morgan fingerprint density at radius 3 is 2.82 bits per heavy atom. The SMILES string of the molecule is CCCn1c(=O)c2ccccc2n2c(=S)n(CN(C)Cc3cc(Br)cs3)nc12. The Bertz CT molecular complexity index is 1270. The van der Waals surface area contributed by atoms with Crippen LogP contribution >= 0.6 is 39.5 Å². The number of halogens is 1. The maximum absolute atomic E-state index is 13.0. The van der Waals surface area contributed by atoms with Gasteiger partial charge in [-0.1, -0.05) is 19.1 Å². The van der Waals surface area contributed by atoms with Gasteiger partial charge < -0.3 is 0 Å². The van der Waals surface area contributed by atoms with Gasteiger partial charge >= 0.3 is 0 Å². The second-order valence-corrected chi connectivity index (χ2v) is 9.05. The van der Waals surface area contributed by atoms with Crippen molar-refractivity contribution in [1.29, 1.82) is 0 Å². The molecule has 0 unspecified atom stereocenters. The average molecular weight is 478 g/mol. The molecule has 0 N–H and O–H groups in total. The molecule has 0 fully saturated rings. The Hall–Kier alpha value is -1.81. The zero-order chi connectivity index (χ0) is 19.8. The summed E-state index contributed by atoms with van der Waals surface area (Å²) in [6, 6.07) is 9.70. The van der Waals surface area contributed by atoms with Crippen molar-refractivity contribution in [3.8, 4) is 0 Å². The lowest BCUT2D eigenvalue weighted by Gasteiger charge is -2.14. The second kappa shape index (κ2) is 7.90. The summed E-state index contributed by atoms with van der Waals surface area (Å²) >= 11 is 11.0. The highest BCUT2D eigenvalue weighted by molar-refractivity contribution is 9.10. The number of nitrogens with zero attached hydrogens (tertiary/aromatic N) is 5. The average Bonchev–Trinajstić information content (AvgIpc) is 3.22. The molecular weight excluding hydrogens is 458 g/mol. The van der Waals surface area contributed by atoms with Crippen molar-refractivity contribution in [1.82, 2.24) is 23.6 Å². The molecule has 0 radical (unpaired) electrons. The molecule has 3 aromatic heterocycles. The summed E-state index contributed by atoms with van der Waals surface area (Å²) in [4.78, 5) is 16.4. The largest absolute Gasteiger partial charge is 0.282 e. The summed E-state index contributed by atoms with van der Waals surface area (Å²) in [5, 5.41) is 7.46. The molecular formula is C19H20BrN5OS2. The van der Waals surface area contributed by atoms with E-state index in [0.717, 1.165) is 23.0 Å². The van der Waals surface area contributed by atoms with Crippen LogP contribution in [0.5, 0.6) is 0 Å². The van der Waals surface area contributed by atoms with Crippen LogP contribution in [0.1, 0.15) is 18.2 Å². The summed E-state index contributed by atoms with van der Waals surface area (Å²) < 4.78 is 7.13. The van der Waals surface area contributed by atoms with Gasteiger partial charge in [-0.05, 0) is 59.8 Å². The minimum atomic E-state index is -0.0195. The number of rotatable bonds is 6. The molecule has 6 nitrogen and oxygen atoms in total. The monoisotopic (exact) mass is 477 g/mol. The minimum absolute atomic E-state index is 0.0195. The number of para-hydroxylation sites is 1. The van der Waals surface area contributed by atoms with Crippen LogP contribution in [0, 0.1) is 4.77 Å². The Morgan fingerprint density at radius 1 is 1.32 bits per heavy atom. The van der Waals surface area contributed by atoms with Crippen molar-refractivity contribution in [2.24, 2.45) is 0 Å². The molecule has 0 aliphatic heterocycles. The van der Waals surface area contributed by atoms with Gasteiger partial charge in [0.05, 0.1) is 17.6 Å². The maximum atomic E-state index is 13.0. The van der Waals surface area contributed by atoms with E-state index in [1.54, 1.807) is 20.6 Å². The van der Waals surface area contributed by atoms with Gasteiger partial charge in [-0.2, -0.15) is 0 Å². The molecule has 146 valence electrons. The maximum Gasteiger partial charge on any atom is 0.262 e. The zero-order valence-electron chi connectivity index (χ0n) is 15.6. The number of fused-ring (bicyclic) bond motifs is 3. The fourth-order valence-electron chi connectivity index (χ4n) is 3.37. The normalized spacial score (nSPS) is 11.9. The van der Waals surface area contributed by atoms with Gasteiger partial charge in [0.15, 0.2) is 0 Å². The lowest BCUT2D eigenvalue weighted by atomic mass is 10.2. The van der Waals surface area contributed by atoms with Crippen LogP contribution < -0.4 is 5.56 Å². The van der Waals surface area contributed by atoms with Gasteiger partial charge in [-0.25, -0.2) is 4.68 Å². The van der Waals surface area contributed by atoms with Crippen molar-refractivity contribution in [3.05, 3.63) is 60.2 Å². The molecule has 0 atom stereocenters. The number of aryl methyl sites for hydroxylation is 1. The van der Waals surface area contributed by atoms with E-state index in [2.05, 4.69) is 39.2 Å². The first kappa shape index (κ1) is 19.5. The lowest BCUT2D eigenvalue weighted by Crippen LogP contribution is -2.23. The van der Waals surface area contributed by atoms with E-state index in [4.69, 9.17) is 17.3 Å². The third-order valence-corrected chi connectivity index (χ3v) is 6.63. The zero-order valence-corrected chi connectivity index (χ0v) is 18.9. The topological polar surface area (TPSA) is 47.5 Å². The molecule has 3 heterocycles. The Balaban J connectivity index is 1.81. The molecule has 0 aliphatic rings. The Morgan fingerprint density at radius 2 is 2.11 bits per heavy atom. The molecule has 1 aromatic carbocycles. The van der Waals surface area contributed by atoms with Crippen molar-refractivity contribution in [3.63, 3.8) is 0 Å². The van der Waals surface area contributed by atoms with Crippen LogP contribution in [-0.4, -0.2) is 30.7 Å². The van der Waals surface area contributed by atoms with Crippen molar-refractivity contribution in [2.45, 2.75) is 33.1 Å². The summed E-state index contributed by atoms with van der Waals surface area (Å²) in [5.41, 5.74) is 0.782. The molecule has 0 saturated carbocycles. The Labute approximate surface area is 179 Å². The van der Waals surface area contributed by atoms with Crippen LogP contribution in [-0.2, 0) is 19.8 Å². The number of thiophene rings is 1. The van der Waals surface area contributed by atoms with Crippen LogP contribution in [0.4, 0.5) is 0 Å². The van der Waals surface area contributed by atoms with Gasteiger partial charge in [0.2, 0.25) is 10.5 Å². The fourth-order valence-corrected chi connectivity index (χ4v) is 5.18. The highest BCUT2D eigenvalue weighted by Crippen LogP contribution is 2.21. The highest BCUT2D eigenvalue weighted by atomic mass is 79.9. The summed E-state index contributed by atoms with van der Waals surface area (Å²) in [6.07, 6.45) is 0.848. The molecule has 4 aromatic rings. The van der Waals surface area contributed by atoms with E-state index in [9.17, 15) is 4.79 Å². The highest BCUT2D eigenvalue weighted by Gasteiger charge is 2.16. The fraction of sp³-hybridized carbons (Fsp3) is 0.316. The van der Waals surface area contributed by atoms with Gasteiger partial charge in [0.25, 0.3) is 5.56 Å². The number of aromatic nitrogens is 4. The van der Waals surface area contributed by atoms with E-state index >= 15 is 0 Å². The lowest BCUT2D eigenvalue weighted by molar-refractivity contribution is 0.246. The molecule has 0 aliphatic carbocycles. The predicted octanol–water partition coefficient (Wildman–Crippen LogP) is 4.50. The van der Waals surface area contributed by atoms with E-state index in [1.807, 2.05) is 35.7 Å². The van der Waals surface area contributed by atoms with Gasteiger partial charge in [-0.3, -0.25) is 18.7 Å². The van der Waals surface area contributed by atoms with Gasteiger partial charge in [0.1, 0.15) is 0 Å². The first-order chi connectivity index (χ1) is 13.5. The summed E-state index contributed by atoms with van der Waals surface area (Å²) in [5.74, 6) is 0.600. The van der Waals surface area contributed by atoms with Crippen LogP contribution in [0.25, 0.3) is 16.7 Å². The van der Waals surface area contributed by atoms with E-state index < -0.39 is 0 Å². The van der Waals surface area contributed by atoms with Gasteiger partial charge in [0, 0.05) is 27.8 Å². The van der Waals surface area contributed by atoms with E-state index in [1.165, 1.54) is 4.88 Å². The second-order valence-electron chi connectivity index (χ2n) is 6.78. The third-order valence-electron chi connectivity index (χ3n) is 4.55. The minimum Gasteiger partial charge on any atom is -0.282 e. The van der Waals surface area contributed by atoms with Crippen LogP contribution in [0.3, 0.4) is 0 Å². The van der Waals surface area contributed by atoms with E-state index in [0.29, 0.717) is 29.1 Å². The smallest absolute Gasteiger partial charge is 0.262 e. The molecule has 0 spiro atoms. The summed E-state index contributed by atoms with van der Waals surface area (Å²) in [7, 11) is 2.04. The van der Waals surface area contributed by atoms with Crippen molar-refractivity contribution in [2.75, 3.05) is 7.05 Å². The third kappa shape index (κ3) is 3.47. The molecule has 0 amide bonds. The molecule has 0 saturated heterocycles. The van der Waals surface area contributed by atoms with Crippen LogP contribution in [0.2, 0.25) is 0 Å². The van der Waals surface area contributed by atoms with Crippen LogP contribution in [0.15, 0.2) is 45.0 Å². The van der Waals surface area contributed by atoms with Crippen molar-refractivity contribution < 1.29 is 0 Å². The summed E-state index contributed by atoms with van der Waals surface area (Å²) in [6.45, 7) is 4.01.